The molecule has 0 saturated heterocycles. The zero-order valence-corrected chi connectivity index (χ0v) is 26.2. The highest BCUT2D eigenvalue weighted by molar-refractivity contribution is 7.25. The predicted molar refractivity (Wildman–Crippen MR) is 202 cm³/mol. The third kappa shape index (κ3) is 4.17. The molecule has 10 aromatic rings. The van der Waals surface area contributed by atoms with Gasteiger partial charge in [0.25, 0.3) is 0 Å². The van der Waals surface area contributed by atoms with Crippen molar-refractivity contribution in [2.24, 2.45) is 0 Å². The van der Waals surface area contributed by atoms with Crippen molar-refractivity contribution in [3.63, 3.8) is 0 Å². The minimum Gasteiger partial charge on any atom is -0.456 e. The molecule has 0 bridgehead atoms. The summed E-state index contributed by atoms with van der Waals surface area (Å²) in [6, 6.07) is 59.2. The van der Waals surface area contributed by atoms with E-state index < -0.39 is 0 Å². The standard InChI is InChI=1S/C44H27NOS/c1-2-10-28(11-3-1)29-12-8-13-31(24-29)45(32-21-23-37-36-15-5-7-19-43(36)47-44(37)26-32)40-17-9-16-33-34(40)22-20-30-25-42-39(27-38(30)33)35-14-4-6-18-41(35)46-42/h1-27H. The highest BCUT2D eigenvalue weighted by atomic mass is 32.1. The van der Waals surface area contributed by atoms with Crippen LogP contribution in [0.1, 0.15) is 0 Å². The first-order chi connectivity index (χ1) is 23.3. The van der Waals surface area contributed by atoms with Crippen LogP contribution < -0.4 is 4.90 Å². The number of hydrogen-bond acceptors (Lipinski definition) is 3. The third-order valence-electron chi connectivity index (χ3n) is 9.42. The van der Waals surface area contributed by atoms with Crippen molar-refractivity contribution >= 4 is 92.1 Å². The SMILES string of the molecule is c1ccc(-c2cccc(N(c3ccc4c(c3)sc3ccccc34)c3cccc4c3ccc3cc5oc6ccccc6c5cc34)c2)cc1. The van der Waals surface area contributed by atoms with Gasteiger partial charge in [0.1, 0.15) is 11.2 Å². The summed E-state index contributed by atoms with van der Waals surface area (Å²) in [6.45, 7) is 0. The highest BCUT2D eigenvalue weighted by Crippen LogP contribution is 2.45. The molecule has 0 saturated carbocycles. The minimum absolute atomic E-state index is 0.920. The van der Waals surface area contributed by atoms with Gasteiger partial charge >= 0.3 is 0 Å². The number of hydrogen-bond donors (Lipinski definition) is 0. The van der Waals surface area contributed by atoms with E-state index in [9.17, 15) is 0 Å². The Labute approximate surface area is 275 Å². The molecule has 10 rings (SSSR count). The molecule has 0 N–H and O–H groups in total. The smallest absolute Gasteiger partial charge is 0.136 e. The summed E-state index contributed by atoms with van der Waals surface area (Å²) in [5, 5.41) is 9.72. The van der Waals surface area contributed by atoms with Crippen molar-refractivity contribution < 1.29 is 4.42 Å². The molecule has 220 valence electrons. The van der Waals surface area contributed by atoms with Crippen molar-refractivity contribution in [1.82, 2.24) is 0 Å². The topological polar surface area (TPSA) is 16.4 Å². The lowest BCUT2D eigenvalue weighted by molar-refractivity contribution is 0.669. The van der Waals surface area contributed by atoms with E-state index in [1.807, 2.05) is 23.5 Å². The monoisotopic (exact) mass is 617 g/mol. The number of fused-ring (bicyclic) bond motifs is 9. The molecular weight excluding hydrogens is 591 g/mol. The molecule has 2 heterocycles. The molecule has 0 aliphatic carbocycles. The number of anilines is 3. The van der Waals surface area contributed by atoms with Crippen LogP contribution in [0.2, 0.25) is 0 Å². The maximum Gasteiger partial charge on any atom is 0.136 e. The van der Waals surface area contributed by atoms with Crippen molar-refractivity contribution in [2.45, 2.75) is 0 Å². The molecule has 0 atom stereocenters. The summed E-state index contributed by atoms with van der Waals surface area (Å²) in [7, 11) is 0. The summed E-state index contributed by atoms with van der Waals surface area (Å²) < 4.78 is 8.84. The molecular formula is C44H27NOS. The van der Waals surface area contributed by atoms with Crippen LogP contribution in [0.15, 0.2) is 168 Å². The summed E-state index contributed by atoms with van der Waals surface area (Å²) >= 11 is 1.86. The number of nitrogens with zero attached hydrogens (tertiary/aromatic N) is 1. The minimum atomic E-state index is 0.920. The molecule has 0 unspecified atom stereocenters. The number of benzene rings is 8. The fraction of sp³-hybridized carbons (Fsp3) is 0. The van der Waals surface area contributed by atoms with Crippen LogP contribution >= 0.6 is 11.3 Å². The van der Waals surface area contributed by atoms with Crippen LogP contribution in [0, 0.1) is 0 Å². The van der Waals surface area contributed by atoms with E-state index in [1.54, 1.807) is 0 Å². The van der Waals surface area contributed by atoms with Crippen LogP contribution in [0.3, 0.4) is 0 Å². The molecule has 0 aliphatic heterocycles. The number of furan rings is 1. The van der Waals surface area contributed by atoms with Crippen LogP contribution in [-0.2, 0) is 0 Å². The Hall–Kier alpha value is -5.90. The number of thiophene rings is 1. The van der Waals surface area contributed by atoms with Gasteiger partial charge in [0.2, 0.25) is 0 Å². The van der Waals surface area contributed by atoms with Crippen molar-refractivity contribution in [3.05, 3.63) is 164 Å². The van der Waals surface area contributed by atoms with Crippen LogP contribution in [0.25, 0.3) is 74.8 Å². The molecule has 3 heteroatoms. The second kappa shape index (κ2) is 10.3. The van der Waals surface area contributed by atoms with E-state index in [0.717, 1.165) is 39.0 Å². The molecule has 8 aromatic carbocycles. The fourth-order valence-corrected chi connectivity index (χ4v) is 8.36. The lowest BCUT2D eigenvalue weighted by Crippen LogP contribution is -2.10. The lowest BCUT2D eigenvalue weighted by atomic mass is 9.97. The largest absolute Gasteiger partial charge is 0.456 e. The van der Waals surface area contributed by atoms with Gasteiger partial charge in [-0.2, -0.15) is 0 Å². The van der Waals surface area contributed by atoms with Crippen LogP contribution in [-0.4, -0.2) is 0 Å². The Morgan fingerprint density at radius 1 is 0.383 bits per heavy atom. The zero-order chi connectivity index (χ0) is 30.9. The van der Waals surface area contributed by atoms with Gasteiger partial charge in [0.05, 0.1) is 5.69 Å². The summed E-state index contributed by atoms with van der Waals surface area (Å²) in [6.07, 6.45) is 0. The van der Waals surface area contributed by atoms with Gasteiger partial charge in [-0.05, 0) is 81.9 Å². The Morgan fingerprint density at radius 2 is 1.11 bits per heavy atom. The van der Waals surface area contributed by atoms with E-state index in [2.05, 4.69) is 157 Å². The van der Waals surface area contributed by atoms with Gasteiger partial charge in [-0.25, -0.2) is 0 Å². The first-order valence-electron chi connectivity index (χ1n) is 15.9. The first-order valence-corrected chi connectivity index (χ1v) is 16.7. The fourth-order valence-electron chi connectivity index (χ4n) is 7.23. The third-order valence-corrected chi connectivity index (χ3v) is 10.6. The van der Waals surface area contributed by atoms with E-state index in [4.69, 9.17) is 4.42 Å². The summed E-state index contributed by atoms with van der Waals surface area (Å²) in [5.41, 5.74) is 7.64. The van der Waals surface area contributed by atoms with Crippen LogP contribution in [0.4, 0.5) is 17.1 Å². The van der Waals surface area contributed by atoms with Crippen molar-refractivity contribution in [3.8, 4) is 11.1 Å². The van der Waals surface area contributed by atoms with Gasteiger partial charge in [0, 0.05) is 47.7 Å². The Bertz CT molecular complexity index is 2810. The molecule has 0 fully saturated rings. The van der Waals surface area contributed by atoms with Crippen molar-refractivity contribution in [1.29, 1.82) is 0 Å². The predicted octanol–water partition coefficient (Wildman–Crippen LogP) is 13.4. The van der Waals surface area contributed by atoms with Gasteiger partial charge < -0.3 is 9.32 Å². The Kier molecular flexibility index (Phi) is 5.78. The molecule has 0 aliphatic rings. The Balaban J connectivity index is 1.23. The quantitative estimate of drug-likeness (QED) is 0.183. The van der Waals surface area contributed by atoms with Gasteiger partial charge in [-0.15, -0.1) is 11.3 Å². The Morgan fingerprint density at radius 3 is 2.04 bits per heavy atom. The molecule has 0 radical (unpaired) electrons. The molecule has 2 aromatic heterocycles. The second-order valence-corrected chi connectivity index (χ2v) is 13.2. The maximum atomic E-state index is 6.25. The van der Waals surface area contributed by atoms with Gasteiger partial charge in [-0.3, -0.25) is 0 Å². The normalized spacial score (nSPS) is 11.8. The van der Waals surface area contributed by atoms with Crippen molar-refractivity contribution in [2.75, 3.05) is 4.90 Å². The average Bonchev–Trinajstić information content (AvgIpc) is 3.69. The van der Waals surface area contributed by atoms with E-state index >= 15 is 0 Å². The van der Waals surface area contributed by atoms with E-state index in [0.29, 0.717) is 0 Å². The second-order valence-electron chi connectivity index (χ2n) is 12.1. The molecule has 0 amide bonds. The zero-order valence-electron chi connectivity index (χ0n) is 25.4. The number of rotatable bonds is 4. The molecule has 47 heavy (non-hydrogen) atoms. The van der Waals surface area contributed by atoms with Crippen LogP contribution in [0.5, 0.6) is 0 Å². The average molecular weight is 618 g/mol. The molecule has 2 nitrogen and oxygen atoms in total. The van der Waals surface area contributed by atoms with E-state index in [1.165, 1.54) is 52.8 Å². The lowest BCUT2D eigenvalue weighted by Gasteiger charge is -2.27. The number of para-hydroxylation sites is 1. The van der Waals surface area contributed by atoms with Gasteiger partial charge in [0.15, 0.2) is 0 Å². The van der Waals surface area contributed by atoms with E-state index in [-0.39, 0.29) is 0 Å². The highest BCUT2D eigenvalue weighted by Gasteiger charge is 2.19. The summed E-state index contributed by atoms with van der Waals surface area (Å²) in [4.78, 5) is 2.43. The maximum absolute atomic E-state index is 6.25. The summed E-state index contributed by atoms with van der Waals surface area (Å²) in [5.74, 6) is 0. The molecule has 0 spiro atoms. The van der Waals surface area contributed by atoms with Gasteiger partial charge in [-0.1, -0.05) is 109 Å². The first kappa shape index (κ1) is 26.3.